The molecule has 0 aromatic heterocycles. The zero-order valence-electron chi connectivity index (χ0n) is 13.1. The van der Waals surface area contributed by atoms with Crippen molar-refractivity contribution in [1.29, 1.82) is 0 Å². The molecule has 0 aliphatic heterocycles. The summed E-state index contributed by atoms with van der Waals surface area (Å²) in [6.45, 7) is 11.6. The topological polar surface area (TPSA) is 29.1 Å². The molecular weight excluding hydrogens is 222 g/mol. The minimum atomic E-state index is 0.0992. The van der Waals surface area contributed by atoms with Crippen LogP contribution in [0.5, 0.6) is 0 Å². The standard InChI is InChI=1S/C16H33NO/c1-6-7-8-9-10-11-16(4,5)12-13-17-15(18)14(2)3/h14H,6-13H2,1-5H3,(H,17,18). The van der Waals surface area contributed by atoms with E-state index < -0.39 is 0 Å². The number of unbranched alkanes of at least 4 members (excludes halogenated alkanes) is 4. The van der Waals surface area contributed by atoms with Gasteiger partial charge in [0.15, 0.2) is 0 Å². The first-order chi connectivity index (χ1) is 8.39. The van der Waals surface area contributed by atoms with Gasteiger partial charge in [0.05, 0.1) is 0 Å². The summed E-state index contributed by atoms with van der Waals surface area (Å²) in [7, 11) is 0. The summed E-state index contributed by atoms with van der Waals surface area (Å²) >= 11 is 0. The molecule has 0 heterocycles. The van der Waals surface area contributed by atoms with Crippen LogP contribution in [-0.4, -0.2) is 12.5 Å². The fraction of sp³-hybridized carbons (Fsp3) is 0.938. The van der Waals surface area contributed by atoms with Crippen molar-refractivity contribution in [2.75, 3.05) is 6.54 Å². The quantitative estimate of drug-likeness (QED) is 0.571. The smallest absolute Gasteiger partial charge is 0.222 e. The summed E-state index contributed by atoms with van der Waals surface area (Å²) in [4.78, 5) is 11.4. The molecule has 0 aromatic carbocycles. The van der Waals surface area contributed by atoms with Gasteiger partial charge in [0.1, 0.15) is 0 Å². The van der Waals surface area contributed by atoms with Gasteiger partial charge in [-0.1, -0.05) is 66.7 Å². The summed E-state index contributed by atoms with van der Waals surface area (Å²) in [6.07, 6.45) is 9.08. The van der Waals surface area contributed by atoms with Gasteiger partial charge in [-0.3, -0.25) is 4.79 Å². The van der Waals surface area contributed by atoms with Crippen LogP contribution in [0.1, 0.15) is 79.6 Å². The van der Waals surface area contributed by atoms with E-state index in [4.69, 9.17) is 0 Å². The van der Waals surface area contributed by atoms with Crippen LogP contribution in [0.2, 0.25) is 0 Å². The lowest BCUT2D eigenvalue weighted by Gasteiger charge is -2.25. The Morgan fingerprint density at radius 2 is 1.67 bits per heavy atom. The van der Waals surface area contributed by atoms with Crippen molar-refractivity contribution in [2.24, 2.45) is 11.3 Å². The molecule has 18 heavy (non-hydrogen) atoms. The molecule has 0 aromatic rings. The van der Waals surface area contributed by atoms with Crippen molar-refractivity contribution in [3.63, 3.8) is 0 Å². The lowest BCUT2D eigenvalue weighted by molar-refractivity contribution is -0.124. The molecule has 0 bridgehead atoms. The molecule has 108 valence electrons. The Morgan fingerprint density at radius 3 is 2.22 bits per heavy atom. The van der Waals surface area contributed by atoms with E-state index in [0.29, 0.717) is 5.41 Å². The van der Waals surface area contributed by atoms with Gasteiger partial charge in [0.25, 0.3) is 0 Å². The first-order valence-electron chi connectivity index (χ1n) is 7.67. The Balaban J connectivity index is 3.63. The van der Waals surface area contributed by atoms with Crippen molar-refractivity contribution in [2.45, 2.75) is 79.6 Å². The Kier molecular flexibility index (Phi) is 9.13. The highest BCUT2D eigenvalue weighted by atomic mass is 16.1. The molecule has 1 N–H and O–H groups in total. The number of carbonyl (C=O) groups excluding carboxylic acids is 1. The van der Waals surface area contributed by atoms with E-state index in [1.54, 1.807) is 0 Å². The van der Waals surface area contributed by atoms with Crippen LogP contribution in [-0.2, 0) is 4.79 Å². The summed E-state index contributed by atoms with van der Waals surface area (Å²) < 4.78 is 0. The van der Waals surface area contributed by atoms with E-state index in [9.17, 15) is 4.79 Å². The van der Waals surface area contributed by atoms with Crippen LogP contribution in [0.3, 0.4) is 0 Å². The van der Waals surface area contributed by atoms with Crippen molar-refractivity contribution in [3.8, 4) is 0 Å². The summed E-state index contributed by atoms with van der Waals surface area (Å²) in [5, 5.41) is 3.01. The van der Waals surface area contributed by atoms with Gasteiger partial charge in [-0.05, 0) is 18.3 Å². The third-order valence-corrected chi connectivity index (χ3v) is 3.58. The number of rotatable bonds is 10. The van der Waals surface area contributed by atoms with Crippen LogP contribution in [0.15, 0.2) is 0 Å². The Hall–Kier alpha value is -0.530. The lowest BCUT2D eigenvalue weighted by atomic mass is 9.83. The highest BCUT2D eigenvalue weighted by Crippen LogP contribution is 2.27. The van der Waals surface area contributed by atoms with Gasteiger partial charge in [0, 0.05) is 12.5 Å². The van der Waals surface area contributed by atoms with Crippen molar-refractivity contribution < 1.29 is 4.79 Å². The van der Waals surface area contributed by atoms with Crippen LogP contribution < -0.4 is 5.32 Å². The van der Waals surface area contributed by atoms with Gasteiger partial charge in [-0.2, -0.15) is 0 Å². The molecule has 1 amide bonds. The minimum Gasteiger partial charge on any atom is -0.356 e. The fourth-order valence-corrected chi connectivity index (χ4v) is 2.06. The molecule has 0 aliphatic rings. The summed E-state index contributed by atoms with van der Waals surface area (Å²) in [5.74, 6) is 0.274. The predicted molar refractivity (Wildman–Crippen MR) is 79.6 cm³/mol. The summed E-state index contributed by atoms with van der Waals surface area (Å²) in [5.41, 5.74) is 0.358. The van der Waals surface area contributed by atoms with Gasteiger partial charge in [0.2, 0.25) is 5.91 Å². The molecule has 0 unspecified atom stereocenters. The molecule has 0 rings (SSSR count). The highest BCUT2D eigenvalue weighted by molar-refractivity contribution is 5.77. The normalized spacial score (nSPS) is 11.9. The first-order valence-corrected chi connectivity index (χ1v) is 7.67. The maximum atomic E-state index is 11.4. The van der Waals surface area contributed by atoms with Gasteiger partial charge < -0.3 is 5.32 Å². The van der Waals surface area contributed by atoms with E-state index in [1.807, 2.05) is 13.8 Å². The minimum absolute atomic E-state index is 0.0992. The van der Waals surface area contributed by atoms with E-state index in [2.05, 4.69) is 26.1 Å². The largest absolute Gasteiger partial charge is 0.356 e. The average Bonchev–Trinajstić information content (AvgIpc) is 2.28. The van der Waals surface area contributed by atoms with Crippen molar-refractivity contribution in [3.05, 3.63) is 0 Å². The number of carbonyl (C=O) groups is 1. The molecule has 0 atom stereocenters. The molecule has 0 aliphatic carbocycles. The van der Waals surface area contributed by atoms with Crippen LogP contribution >= 0.6 is 0 Å². The second-order valence-corrected chi connectivity index (χ2v) is 6.52. The molecule has 2 heteroatoms. The Morgan fingerprint density at radius 1 is 1.06 bits per heavy atom. The average molecular weight is 255 g/mol. The maximum Gasteiger partial charge on any atom is 0.222 e. The van der Waals surface area contributed by atoms with E-state index in [1.165, 1.54) is 38.5 Å². The highest BCUT2D eigenvalue weighted by Gasteiger charge is 2.17. The van der Waals surface area contributed by atoms with Crippen LogP contribution in [0, 0.1) is 11.3 Å². The molecule has 0 radical (unpaired) electrons. The molecule has 0 saturated heterocycles. The van der Waals surface area contributed by atoms with Gasteiger partial charge in [-0.25, -0.2) is 0 Å². The van der Waals surface area contributed by atoms with E-state index in [0.717, 1.165) is 13.0 Å². The third kappa shape index (κ3) is 9.49. The predicted octanol–water partition coefficient (Wildman–Crippen LogP) is 4.54. The van der Waals surface area contributed by atoms with Crippen molar-refractivity contribution >= 4 is 5.91 Å². The van der Waals surface area contributed by atoms with Crippen LogP contribution in [0.25, 0.3) is 0 Å². The number of hydrogen-bond donors (Lipinski definition) is 1. The van der Waals surface area contributed by atoms with Gasteiger partial charge in [-0.15, -0.1) is 0 Å². The SMILES string of the molecule is CCCCCCCC(C)(C)CCNC(=O)C(C)C. The summed E-state index contributed by atoms with van der Waals surface area (Å²) in [6, 6.07) is 0. The lowest BCUT2D eigenvalue weighted by Crippen LogP contribution is -2.31. The molecule has 2 nitrogen and oxygen atoms in total. The Labute approximate surface area is 114 Å². The molecule has 0 spiro atoms. The van der Waals surface area contributed by atoms with E-state index >= 15 is 0 Å². The second-order valence-electron chi connectivity index (χ2n) is 6.52. The number of nitrogens with one attached hydrogen (secondary N) is 1. The van der Waals surface area contributed by atoms with Crippen molar-refractivity contribution in [1.82, 2.24) is 5.32 Å². The van der Waals surface area contributed by atoms with Crippen LogP contribution in [0.4, 0.5) is 0 Å². The maximum absolute atomic E-state index is 11.4. The second kappa shape index (κ2) is 9.41. The molecule has 0 fully saturated rings. The Bertz CT molecular complexity index is 221. The van der Waals surface area contributed by atoms with E-state index in [-0.39, 0.29) is 11.8 Å². The first kappa shape index (κ1) is 17.5. The molecular formula is C16H33NO. The fourth-order valence-electron chi connectivity index (χ4n) is 2.06. The zero-order valence-corrected chi connectivity index (χ0v) is 13.1. The third-order valence-electron chi connectivity index (χ3n) is 3.58. The monoisotopic (exact) mass is 255 g/mol. The number of amides is 1. The molecule has 0 saturated carbocycles. The number of hydrogen-bond acceptors (Lipinski definition) is 1. The zero-order chi connectivity index (χ0) is 14.0. The van der Waals surface area contributed by atoms with Gasteiger partial charge >= 0.3 is 0 Å².